The van der Waals surface area contributed by atoms with Crippen LogP contribution in [0, 0.1) is 5.92 Å². The third-order valence-electron chi connectivity index (χ3n) is 2.42. The Bertz CT molecular complexity index is 318. The number of urea groups is 1. The van der Waals surface area contributed by atoms with Gasteiger partial charge in [-0.1, -0.05) is 13.8 Å². The van der Waals surface area contributed by atoms with Crippen LogP contribution in [0.25, 0.3) is 0 Å². The van der Waals surface area contributed by atoms with Crippen LogP contribution < -0.4 is 10.6 Å². The van der Waals surface area contributed by atoms with Crippen molar-refractivity contribution >= 4 is 17.9 Å². The summed E-state index contributed by atoms with van der Waals surface area (Å²) in [4.78, 5) is 32.8. The first kappa shape index (κ1) is 18.4. The predicted octanol–water partition coefficient (Wildman–Crippen LogP) is 1.13. The summed E-state index contributed by atoms with van der Waals surface area (Å²) in [5.74, 6) is -0.861. The van der Waals surface area contributed by atoms with Crippen molar-refractivity contribution < 1.29 is 24.2 Å². The number of carboxylic acid groups (broad SMARTS) is 1. The fraction of sp³-hybridized carbons (Fsp3) is 0.769. The van der Waals surface area contributed by atoms with Gasteiger partial charge in [-0.05, 0) is 18.8 Å². The van der Waals surface area contributed by atoms with Crippen molar-refractivity contribution in [1.29, 1.82) is 0 Å². The topological polar surface area (TPSA) is 105 Å². The van der Waals surface area contributed by atoms with E-state index in [0.717, 1.165) is 6.42 Å². The van der Waals surface area contributed by atoms with Gasteiger partial charge < -0.3 is 15.2 Å². The molecule has 3 amide bonds. The summed E-state index contributed by atoms with van der Waals surface area (Å²) < 4.78 is 5.30. The third kappa shape index (κ3) is 12.8. The highest BCUT2D eigenvalue weighted by Gasteiger charge is 2.07. The van der Waals surface area contributed by atoms with Gasteiger partial charge >= 0.3 is 12.0 Å². The molecule has 7 heteroatoms. The van der Waals surface area contributed by atoms with Crippen LogP contribution in [0.5, 0.6) is 0 Å². The lowest BCUT2D eigenvalue weighted by Gasteiger charge is -2.08. The van der Waals surface area contributed by atoms with Gasteiger partial charge in [0.25, 0.3) is 0 Å². The van der Waals surface area contributed by atoms with Crippen LogP contribution >= 0.6 is 0 Å². The highest BCUT2D eigenvalue weighted by atomic mass is 16.5. The SMILES string of the molecule is CC(C)CCOCCNC(=O)NC(=O)CCCC(=O)O. The molecule has 116 valence electrons. The van der Waals surface area contributed by atoms with Crippen LogP contribution in [-0.4, -0.2) is 42.8 Å². The number of rotatable bonds is 10. The van der Waals surface area contributed by atoms with Gasteiger partial charge in [0.15, 0.2) is 0 Å². The zero-order valence-electron chi connectivity index (χ0n) is 12.1. The van der Waals surface area contributed by atoms with E-state index in [2.05, 4.69) is 24.5 Å². The first-order valence-electron chi connectivity index (χ1n) is 6.79. The molecule has 0 atom stereocenters. The number of carboxylic acids is 1. The zero-order chi connectivity index (χ0) is 15.4. The van der Waals surface area contributed by atoms with E-state index in [1.807, 2.05) is 0 Å². The molecule has 0 saturated carbocycles. The molecule has 0 spiro atoms. The molecule has 20 heavy (non-hydrogen) atoms. The van der Waals surface area contributed by atoms with Gasteiger partial charge in [0.2, 0.25) is 5.91 Å². The number of amides is 3. The average molecular weight is 288 g/mol. The largest absolute Gasteiger partial charge is 0.481 e. The molecule has 0 aliphatic carbocycles. The Morgan fingerprint density at radius 2 is 1.85 bits per heavy atom. The lowest BCUT2D eigenvalue weighted by Crippen LogP contribution is -2.40. The van der Waals surface area contributed by atoms with Crippen LogP contribution in [0.1, 0.15) is 39.5 Å². The van der Waals surface area contributed by atoms with Crippen molar-refractivity contribution in [2.45, 2.75) is 39.5 Å². The van der Waals surface area contributed by atoms with Crippen molar-refractivity contribution in [2.24, 2.45) is 5.92 Å². The molecular formula is C13H24N2O5. The van der Waals surface area contributed by atoms with Gasteiger partial charge in [-0.2, -0.15) is 0 Å². The van der Waals surface area contributed by atoms with Crippen molar-refractivity contribution in [1.82, 2.24) is 10.6 Å². The number of hydrogen-bond acceptors (Lipinski definition) is 4. The normalized spacial score (nSPS) is 10.3. The second kappa shape index (κ2) is 11.2. The molecule has 0 aromatic carbocycles. The van der Waals surface area contributed by atoms with Gasteiger partial charge in [0.05, 0.1) is 6.61 Å². The Hall–Kier alpha value is -1.63. The first-order valence-corrected chi connectivity index (χ1v) is 6.79. The number of nitrogens with one attached hydrogen (secondary N) is 2. The second-order valence-electron chi connectivity index (χ2n) is 4.85. The number of ether oxygens (including phenoxy) is 1. The van der Waals surface area contributed by atoms with Gasteiger partial charge in [0.1, 0.15) is 0 Å². The highest BCUT2D eigenvalue weighted by molar-refractivity contribution is 5.94. The molecule has 0 heterocycles. The molecule has 0 aliphatic heterocycles. The molecule has 0 aliphatic rings. The number of hydrogen-bond donors (Lipinski definition) is 3. The van der Waals surface area contributed by atoms with E-state index < -0.39 is 17.9 Å². The van der Waals surface area contributed by atoms with E-state index >= 15 is 0 Å². The van der Waals surface area contributed by atoms with E-state index in [-0.39, 0.29) is 19.3 Å². The smallest absolute Gasteiger partial charge is 0.321 e. The Balaban J connectivity index is 3.48. The van der Waals surface area contributed by atoms with Crippen molar-refractivity contribution in [2.75, 3.05) is 19.8 Å². The Morgan fingerprint density at radius 3 is 2.45 bits per heavy atom. The molecule has 0 fully saturated rings. The standard InChI is InChI=1S/C13H24N2O5/c1-10(2)6-8-20-9-7-14-13(19)15-11(16)4-3-5-12(17)18/h10H,3-9H2,1-2H3,(H,17,18)(H2,14,15,16,19). The predicted molar refractivity (Wildman–Crippen MR) is 73.3 cm³/mol. The summed E-state index contributed by atoms with van der Waals surface area (Å²) in [6.45, 7) is 5.57. The van der Waals surface area contributed by atoms with Gasteiger partial charge in [0, 0.05) is 26.0 Å². The maximum absolute atomic E-state index is 11.3. The summed E-state index contributed by atoms with van der Waals surface area (Å²) in [7, 11) is 0. The number of imide groups is 1. The second-order valence-corrected chi connectivity index (χ2v) is 4.85. The van der Waals surface area contributed by atoms with E-state index in [9.17, 15) is 14.4 Å². The molecule has 0 unspecified atom stereocenters. The first-order chi connectivity index (χ1) is 9.41. The van der Waals surface area contributed by atoms with Crippen LogP contribution in [0.15, 0.2) is 0 Å². The quantitative estimate of drug-likeness (QED) is 0.523. The fourth-order valence-electron chi connectivity index (χ4n) is 1.29. The summed E-state index contributed by atoms with van der Waals surface area (Å²) in [5.41, 5.74) is 0. The monoisotopic (exact) mass is 288 g/mol. The van der Waals surface area contributed by atoms with Crippen LogP contribution in [0.2, 0.25) is 0 Å². The Kier molecular flexibility index (Phi) is 10.3. The summed E-state index contributed by atoms with van der Waals surface area (Å²) in [6.07, 6.45) is 1.12. The number of aliphatic carboxylic acids is 1. The Morgan fingerprint density at radius 1 is 1.15 bits per heavy atom. The molecule has 3 N–H and O–H groups in total. The summed E-state index contributed by atoms with van der Waals surface area (Å²) in [6, 6.07) is -0.585. The number of carbonyl (C=O) groups excluding carboxylic acids is 2. The molecule has 0 aromatic rings. The van der Waals surface area contributed by atoms with E-state index in [0.29, 0.717) is 25.7 Å². The minimum Gasteiger partial charge on any atom is -0.481 e. The molecule has 0 bridgehead atoms. The highest BCUT2D eigenvalue weighted by Crippen LogP contribution is 1.98. The lowest BCUT2D eigenvalue weighted by atomic mass is 10.1. The molecular weight excluding hydrogens is 264 g/mol. The van der Waals surface area contributed by atoms with Crippen LogP contribution in [0.4, 0.5) is 4.79 Å². The van der Waals surface area contributed by atoms with Crippen molar-refractivity contribution in [3.63, 3.8) is 0 Å². The molecule has 7 nitrogen and oxygen atoms in total. The molecule has 0 rings (SSSR count). The Labute approximate surface area is 119 Å². The minimum atomic E-state index is -0.958. The van der Waals surface area contributed by atoms with E-state index in [1.165, 1.54) is 0 Å². The van der Waals surface area contributed by atoms with Crippen LogP contribution in [0.3, 0.4) is 0 Å². The minimum absolute atomic E-state index is 0.0185. The molecule has 0 radical (unpaired) electrons. The zero-order valence-corrected chi connectivity index (χ0v) is 12.1. The number of carbonyl (C=O) groups is 3. The maximum atomic E-state index is 11.3. The van der Waals surface area contributed by atoms with Crippen LogP contribution in [-0.2, 0) is 14.3 Å². The van der Waals surface area contributed by atoms with Gasteiger partial charge in [-0.25, -0.2) is 4.79 Å². The van der Waals surface area contributed by atoms with E-state index in [1.54, 1.807) is 0 Å². The molecule has 0 saturated heterocycles. The maximum Gasteiger partial charge on any atom is 0.321 e. The average Bonchev–Trinajstić information content (AvgIpc) is 2.32. The van der Waals surface area contributed by atoms with Crippen molar-refractivity contribution in [3.05, 3.63) is 0 Å². The van der Waals surface area contributed by atoms with Crippen molar-refractivity contribution in [3.8, 4) is 0 Å². The molecule has 0 aromatic heterocycles. The van der Waals surface area contributed by atoms with Gasteiger partial charge in [-0.3, -0.25) is 14.9 Å². The summed E-state index contributed by atoms with van der Waals surface area (Å²) >= 11 is 0. The summed E-state index contributed by atoms with van der Waals surface area (Å²) in [5, 5.41) is 13.0. The fourth-order valence-corrected chi connectivity index (χ4v) is 1.29. The van der Waals surface area contributed by atoms with E-state index in [4.69, 9.17) is 9.84 Å². The van der Waals surface area contributed by atoms with Gasteiger partial charge in [-0.15, -0.1) is 0 Å². The third-order valence-corrected chi connectivity index (χ3v) is 2.42. The lowest BCUT2D eigenvalue weighted by molar-refractivity contribution is -0.137.